The van der Waals surface area contributed by atoms with Gasteiger partial charge in [0.25, 0.3) is 0 Å². The van der Waals surface area contributed by atoms with E-state index in [1.807, 2.05) is 71.7 Å². The molecule has 4 heteroatoms. The number of carboxylic acid groups (broad SMARTS) is 1. The minimum atomic E-state index is -0.944. The minimum absolute atomic E-state index is 0.725. The Morgan fingerprint density at radius 1 is 1.09 bits per heavy atom. The molecule has 0 atom stereocenters. The van der Waals surface area contributed by atoms with Gasteiger partial charge in [-0.25, -0.2) is 9.78 Å². The highest BCUT2D eigenvalue weighted by molar-refractivity contribution is 5.85. The summed E-state index contributed by atoms with van der Waals surface area (Å²) in [5.41, 5.74) is 4.05. The van der Waals surface area contributed by atoms with Crippen LogP contribution in [0.25, 0.3) is 17.3 Å². The van der Waals surface area contributed by atoms with Crippen LogP contribution in [0, 0.1) is 0 Å². The summed E-state index contributed by atoms with van der Waals surface area (Å²) in [5, 5.41) is 8.62. The first-order valence-electron chi connectivity index (χ1n) is 7.28. The Bertz CT molecular complexity index is 818. The summed E-state index contributed by atoms with van der Waals surface area (Å²) in [7, 11) is 0. The van der Waals surface area contributed by atoms with Gasteiger partial charge in [-0.2, -0.15) is 0 Å². The summed E-state index contributed by atoms with van der Waals surface area (Å²) in [6.07, 6.45) is 6.56. The molecule has 0 spiro atoms. The van der Waals surface area contributed by atoms with Crippen molar-refractivity contribution < 1.29 is 9.90 Å². The fraction of sp³-hybridized carbons (Fsp3) is 0.0526. The first kappa shape index (κ1) is 14.8. The monoisotopic (exact) mass is 304 g/mol. The zero-order valence-electron chi connectivity index (χ0n) is 12.5. The van der Waals surface area contributed by atoms with Crippen LogP contribution in [0.3, 0.4) is 0 Å². The van der Waals surface area contributed by atoms with Crippen molar-refractivity contribution in [1.82, 2.24) is 9.55 Å². The summed E-state index contributed by atoms with van der Waals surface area (Å²) in [5.74, 6) is -0.944. The lowest BCUT2D eigenvalue weighted by atomic mass is 10.1. The normalized spacial score (nSPS) is 11.0. The van der Waals surface area contributed by atoms with Gasteiger partial charge in [-0.1, -0.05) is 54.6 Å². The summed E-state index contributed by atoms with van der Waals surface area (Å²) in [4.78, 5) is 14.9. The van der Waals surface area contributed by atoms with Crippen molar-refractivity contribution in [2.24, 2.45) is 0 Å². The Hall–Kier alpha value is -3.14. The number of carbonyl (C=O) groups is 1. The zero-order chi connectivity index (χ0) is 16.1. The van der Waals surface area contributed by atoms with Crippen molar-refractivity contribution >= 4 is 12.0 Å². The van der Waals surface area contributed by atoms with Crippen molar-refractivity contribution in [1.29, 1.82) is 0 Å². The number of rotatable bonds is 5. The highest BCUT2D eigenvalue weighted by Crippen LogP contribution is 2.17. The molecule has 3 rings (SSSR count). The maximum Gasteiger partial charge on any atom is 0.328 e. The Morgan fingerprint density at radius 3 is 2.52 bits per heavy atom. The largest absolute Gasteiger partial charge is 0.478 e. The van der Waals surface area contributed by atoms with Crippen molar-refractivity contribution in [3.05, 3.63) is 84.3 Å². The van der Waals surface area contributed by atoms with Crippen LogP contribution in [-0.2, 0) is 11.3 Å². The summed E-state index contributed by atoms with van der Waals surface area (Å²) < 4.78 is 2.03. The second kappa shape index (κ2) is 6.75. The highest BCUT2D eigenvalue weighted by atomic mass is 16.4. The summed E-state index contributed by atoms with van der Waals surface area (Å²) in [6.45, 7) is 0.725. The van der Waals surface area contributed by atoms with Crippen LogP contribution < -0.4 is 0 Å². The molecule has 2 aromatic carbocycles. The van der Waals surface area contributed by atoms with Gasteiger partial charge in [0.05, 0.1) is 12.0 Å². The molecule has 0 saturated carbocycles. The maximum atomic E-state index is 10.5. The maximum absolute atomic E-state index is 10.5. The van der Waals surface area contributed by atoms with Gasteiger partial charge in [0.2, 0.25) is 0 Å². The second-order valence-corrected chi connectivity index (χ2v) is 5.21. The van der Waals surface area contributed by atoms with Gasteiger partial charge >= 0.3 is 5.97 Å². The van der Waals surface area contributed by atoms with Gasteiger partial charge in [0.1, 0.15) is 0 Å². The molecule has 114 valence electrons. The van der Waals surface area contributed by atoms with Crippen molar-refractivity contribution in [3.8, 4) is 11.3 Å². The number of hydrogen-bond acceptors (Lipinski definition) is 2. The second-order valence-electron chi connectivity index (χ2n) is 5.21. The Kier molecular flexibility index (Phi) is 4.34. The third-order valence-electron chi connectivity index (χ3n) is 3.47. The number of imidazole rings is 1. The fourth-order valence-electron chi connectivity index (χ4n) is 2.32. The standard InChI is InChI=1S/C19H16N2O2/c22-19(23)11-10-15-6-8-16(9-7-15)12-21-13-18(20-14-21)17-4-2-1-3-5-17/h1-11,13-14H,12H2,(H,22,23)/b11-10+. The lowest BCUT2D eigenvalue weighted by Crippen LogP contribution is -1.96. The molecule has 3 aromatic rings. The molecule has 1 aromatic heterocycles. The van der Waals surface area contributed by atoms with E-state index in [1.54, 1.807) is 6.08 Å². The molecule has 0 amide bonds. The predicted molar refractivity (Wildman–Crippen MR) is 89.9 cm³/mol. The topological polar surface area (TPSA) is 55.1 Å². The number of hydrogen-bond donors (Lipinski definition) is 1. The molecule has 0 bridgehead atoms. The first-order chi connectivity index (χ1) is 11.2. The van der Waals surface area contributed by atoms with E-state index in [0.29, 0.717) is 0 Å². The summed E-state index contributed by atoms with van der Waals surface area (Å²) >= 11 is 0. The van der Waals surface area contributed by atoms with E-state index in [1.165, 1.54) is 0 Å². The average molecular weight is 304 g/mol. The van der Waals surface area contributed by atoms with Crippen molar-refractivity contribution in [2.75, 3.05) is 0 Å². The minimum Gasteiger partial charge on any atom is -0.478 e. The van der Waals surface area contributed by atoms with Crippen LogP contribution in [0.15, 0.2) is 73.2 Å². The molecule has 1 heterocycles. The lowest BCUT2D eigenvalue weighted by Gasteiger charge is -2.03. The molecule has 0 saturated heterocycles. The van der Waals surface area contributed by atoms with E-state index >= 15 is 0 Å². The van der Waals surface area contributed by atoms with E-state index in [-0.39, 0.29) is 0 Å². The Labute approximate surface area is 134 Å². The van der Waals surface area contributed by atoms with E-state index in [2.05, 4.69) is 4.98 Å². The van der Waals surface area contributed by atoms with Crippen molar-refractivity contribution in [3.63, 3.8) is 0 Å². The number of nitrogens with zero attached hydrogens (tertiary/aromatic N) is 2. The van der Waals surface area contributed by atoms with Crippen LogP contribution in [-0.4, -0.2) is 20.6 Å². The van der Waals surface area contributed by atoms with Crippen molar-refractivity contribution in [2.45, 2.75) is 6.54 Å². The number of benzene rings is 2. The van der Waals surface area contributed by atoms with Gasteiger partial charge in [0, 0.05) is 24.4 Å². The number of carboxylic acids is 1. The third-order valence-corrected chi connectivity index (χ3v) is 3.47. The smallest absolute Gasteiger partial charge is 0.328 e. The highest BCUT2D eigenvalue weighted by Gasteiger charge is 2.02. The lowest BCUT2D eigenvalue weighted by molar-refractivity contribution is -0.131. The number of aromatic nitrogens is 2. The summed E-state index contributed by atoms with van der Waals surface area (Å²) in [6, 6.07) is 17.9. The molecular formula is C19H16N2O2. The Morgan fingerprint density at radius 2 is 1.83 bits per heavy atom. The molecule has 0 aliphatic carbocycles. The van der Waals surface area contributed by atoms with Gasteiger partial charge in [-0.05, 0) is 17.2 Å². The zero-order valence-corrected chi connectivity index (χ0v) is 12.5. The van der Waals surface area contributed by atoms with Crippen LogP contribution in [0.2, 0.25) is 0 Å². The van der Waals surface area contributed by atoms with Crippen LogP contribution in [0.4, 0.5) is 0 Å². The molecule has 1 N–H and O–H groups in total. The van der Waals surface area contributed by atoms with E-state index in [9.17, 15) is 4.79 Å². The SMILES string of the molecule is O=C(O)/C=C/c1ccc(Cn2cnc(-c3ccccc3)c2)cc1. The third kappa shape index (κ3) is 3.95. The van der Waals surface area contributed by atoms with E-state index in [0.717, 1.165) is 35.0 Å². The molecule has 23 heavy (non-hydrogen) atoms. The first-order valence-corrected chi connectivity index (χ1v) is 7.28. The average Bonchev–Trinajstić information content (AvgIpc) is 3.03. The van der Waals surface area contributed by atoms with Gasteiger partial charge in [-0.15, -0.1) is 0 Å². The molecule has 0 fully saturated rings. The molecule has 4 nitrogen and oxygen atoms in total. The van der Waals surface area contributed by atoms with Crippen LogP contribution >= 0.6 is 0 Å². The number of aliphatic carboxylic acids is 1. The molecule has 0 aliphatic rings. The van der Waals surface area contributed by atoms with Gasteiger partial charge < -0.3 is 9.67 Å². The molecule has 0 radical (unpaired) electrons. The van der Waals surface area contributed by atoms with Gasteiger partial charge in [0.15, 0.2) is 0 Å². The quantitative estimate of drug-likeness (QED) is 0.731. The molecular weight excluding hydrogens is 288 g/mol. The Balaban J connectivity index is 1.70. The molecule has 0 aliphatic heterocycles. The fourth-order valence-corrected chi connectivity index (χ4v) is 2.32. The van der Waals surface area contributed by atoms with Crippen LogP contribution in [0.1, 0.15) is 11.1 Å². The van der Waals surface area contributed by atoms with Gasteiger partial charge in [-0.3, -0.25) is 0 Å². The van der Waals surface area contributed by atoms with Crippen LogP contribution in [0.5, 0.6) is 0 Å². The van der Waals surface area contributed by atoms with E-state index < -0.39 is 5.97 Å². The van der Waals surface area contributed by atoms with E-state index in [4.69, 9.17) is 5.11 Å². The molecule has 0 unspecified atom stereocenters. The predicted octanol–water partition coefficient (Wildman–Crippen LogP) is 3.70.